The van der Waals surface area contributed by atoms with Crippen molar-refractivity contribution >= 4 is 17.4 Å². The maximum atomic E-state index is 13.2. The Labute approximate surface area is 145 Å². The molecule has 0 saturated carbocycles. The Morgan fingerprint density at radius 2 is 2.04 bits per heavy atom. The minimum absolute atomic E-state index is 0.0230. The van der Waals surface area contributed by atoms with Crippen LogP contribution in [0.2, 0.25) is 5.02 Å². The number of nitrogens with zero attached hydrogens (tertiary/aromatic N) is 3. The van der Waals surface area contributed by atoms with Crippen LogP contribution in [0.3, 0.4) is 0 Å². The van der Waals surface area contributed by atoms with Crippen LogP contribution in [0.25, 0.3) is 0 Å². The number of Topliss-reactive ketones (excluding diaryl/α,β-unsaturated/α-hetero) is 1. The normalized spacial score (nSPS) is 25.4. The van der Waals surface area contributed by atoms with Crippen molar-refractivity contribution in [1.82, 2.24) is 14.8 Å². The van der Waals surface area contributed by atoms with E-state index >= 15 is 0 Å². The van der Waals surface area contributed by atoms with Crippen molar-refractivity contribution in [2.24, 2.45) is 5.41 Å². The number of rotatable bonds is 5. The number of carbonyl (C=O) groups excluding carboxylic acids is 1. The van der Waals surface area contributed by atoms with Crippen LogP contribution in [0.4, 0.5) is 0 Å². The molecule has 0 radical (unpaired) electrons. The number of hydrogen-bond acceptors (Lipinski definition) is 5. The van der Waals surface area contributed by atoms with Crippen LogP contribution in [0.15, 0.2) is 36.9 Å². The minimum Gasteiger partial charge on any atom is -0.352 e. The molecular formula is C17H20ClN3O3. The Morgan fingerprint density at radius 3 is 2.62 bits per heavy atom. The van der Waals surface area contributed by atoms with E-state index in [1.165, 1.54) is 6.33 Å². The molecule has 6 nitrogen and oxygen atoms in total. The predicted octanol–water partition coefficient (Wildman–Crippen LogP) is 2.68. The highest BCUT2D eigenvalue weighted by molar-refractivity contribution is 6.30. The number of ether oxygens (including phenoxy) is 2. The van der Waals surface area contributed by atoms with E-state index in [4.69, 9.17) is 21.1 Å². The topological polar surface area (TPSA) is 66.2 Å². The smallest absolute Gasteiger partial charge is 0.168 e. The fraction of sp³-hybridized carbons (Fsp3) is 0.471. The molecule has 1 aliphatic heterocycles. The van der Waals surface area contributed by atoms with Gasteiger partial charge in [0.2, 0.25) is 0 Å². The summed E-state index contributed by atoms with van der Waals surface area (Å²) in [6.45, 7) is 4.36. The lowest BCUT2D eigenvalue weighted by Crippen LogP contribution is -2.47. The number of hydrogen-bond donors (Lipinski definition) is 0. The second-order valence-electron chi connectivity index (χ2n) is 6.34. The standard InChI is InChI=1S/C17H20ClN3O3/c1-12-23-8-17(2,9-24-12)16(22)15(21-11-19-10-20-21)7-13-3-5-14(18)6-4-13/h3-6,10-12,15H,7-9H2,1-2H3. The van der Waals surface area contributed by atoms with Gasteiger partial charge in [-0.05, 0) is 31.5 Å². The van der Waals surface area contributed by atoms with Crippen molar-refractivity contribution in [2.45, 2.75) is 32.6 Å². The molecule has 1 aliphatic rings. The Morgan fingerprint density at radius 1 is 1.38 bits per heavy atom. The summed E-state index contributed by atoms with van der Waals surface area (Å²) in [5.74, 6) is 0.0230. The zero-order valence-electron chi connectivity index (χ0n) is 13.7. The summed E-state index contributed by atoms with van der Waals surface area (Å²) < 4.78 is 12.7. The van der Waals surface area contributed by atoms with Crippen LogP contribution in [0, 0.1) is 5.41 Å². The lowest BCUT2D eigenvalue weighted by molar-refractivity contribution is -0.216. The maximum absolute atomic E-state index is 13.2. The Kier molecular flexibility index (Phi) is 4.99. The average molecular weight is 350 g/mol. The number of carbonyl (C=O) groups is 1. The molecule has 0 spiro atoms. The fourth-order valence-corrected chi connectivity index (χ4v) is 2.89. The largest absolute Gasteiger partial charge is 0.352 e. The summed E-state index contributed by atoms with van der Waals surface area (Å²) >= 11 is 5.94. The molecule has 3 rings (SSSR count). The maximum Gasteiger partial charge on any atom is 0.168 e. The molecule has 1 unspecified atom stereocenters. The molecule has 7 heteroatoms. The van der Waals surface area contributed by atoms with E-state index in [1.54, 1.807) is 11.0 Å². The van der Waals surface area contributed by atoms with Crippen LogP contribution >= 0.6 is 11.6 Å². The van der Waals surface area contributed by atoms with Gasteiger partial charge in [0.25, 0.3) is 0 Å². The molecule has 0 amide bonds. The van der Waals surface area contributed by atoms with Crippen molar-refractivity contribution in [2.75, 3.05) is 13.2 Å². The lowest BCUT2D eigenvalue weighted by atomic mass is 9.81. The van der Waals surface area contributed by atoms with Crippen molar-refractivity contribution < 1.29 is 14.3 Å². The molecule has 0 aliphatic carbocycles. The first-order valence-corrected chi connectivity index (χ1v) is 8.22. The third-order valence-corrected chi connectivity index (χ3v) is 4.52. The van der Waals surface area contributed by atoms with Gasteiger partial charge in [0.05, 0.1) is 18.6 Å². The van der Waals surface area contributed by atoms with Crippen LogP contribution in [-0.2, 0) is 20.7 Å². The molecule has 24 heavy (non-hydrogen) atoms. The molecular weight excluding hydrogens is 330 g/mol. The molecule has 2 heterocycles. The van der Waals surface area contributed by atoms with Crippen LogP contribution in [0.1, 0.15) is 25.5 Å². The molecule has 1 saturated heterocycles. The highest BCUT2D eigenvalue weighted by Gasteiger charge is 2.42. The Hall–Kier alpha value is -1.76. The van der Waals surface area contributed by atoms with Gasteiger partial charge < -0.3 is 9.47 Å². The molecule has 1 atom stereocenters. The SMILES string of the molecule is CC1OCC(C)(C(=O)C(Cc2ccc(Cl)cc2)n2cncn2)CO1. The van der Waals surface area contributed by atoms with Gasteiger partial charge in [0, 0.05) is 11.4 Å². The van der Waals surface area contributed by atoms with Crippen LogP contribution in [-0.4, -0.2) is 40.1 Å². The van der Waals surface area contributed by atoms with Crippen molar-refractivity contribution in [1.29, 1.82) is 0 Å². The van der Waals surface area contributed by atoms with Gasteiger partial charge in [-0.25, -0.2) is 9.67 Å². The van der Waals surface area contributed by atoms with E-state index in [9.17, 15) is 4.79 Å². The monoisotopic (exact) mass is 349 g/mol. The third kappa shape index (κ3) is 3.66. The summed E-state index contributed by atoms with van der Waals surface area (Å²) in [5.41, 5.74) is 0.290. The Balaban J connectivity index is 1.85. The quantitative estimate of drug-likeness (QED) is 0.830. The highest BCUT2D eigenvalue weighted by atomic mass is 35.5. The van der Waals surface area contributed by atoms with Crippen molar-refractivity contribution in [3.63, 3.8) is 0 Å². The van der Waals surface area contributed by atoms with E-state index in [-0.39, 0.29) is 12.1 Å². The zero-order chi connectivity index (χ0) is 17.2. The van der Waals surface area contributed by atoms with Gasteiger partial charge in [0.15, 0.2) is 12.1 Å². The lowest BCUT2D eigenvalue weighted by Gasteiger charge is -2.37. The molecule has 1 aromatic carbocycles. The summed E-state index contributed by atoms with van der Waals surface area (Å²) in [5, 5.41) is 4.83. The predicted molar refractivity (Wildman–Crippen MR) is 88.7 cm³/mol. The fourth-order valence-electron chi connectivity index (χ4n) is 2.77. The Bertz CT molecular complexity index is 680. The van der Waals surface area contributed by atoms with Gasteiger partial charge in [-0.15, -0.1) is 0 Å². The molecule has 1 fully saturated rings. The van der Waals surface area contributed by atoms with Crippen molar-refractivity contribution in [3.8, 4) is 0 Å². The second-order valence-corrected chi connectivity index (χ2v) is 6.77. The number of aromatic nitrogens is 3. The zero-order valence-corrected chi connectivity index (χ0v) is 14.4. The van der Waals surface area contributed by atoms with Gasteiger partial charge in [-0.3, -0.25) is 4.79 Å². The van der Waals surface area contributed by atoms with Crippen LogP contribution in [0.5, 0.6) is 0 Å². The molecule has 0 bridgehead atoms. The van der Waals surface area contributed by atoms with Crippen molar-refractivity contribution in [3.05, 3.63) is 47.5 Å². The van der Waals surface area contributed by atoms with Crippen LogP contribution < -0.4 is 0 Å². The molecule has 128 valence electrons. The van der Waals surface area contributed by atoms with E-state index in [2.05, 4.69) is 10.1 Å². The van der Waals surface area contributed by atoms with E-state index in [1.807, 2.05) is 38.1 Å². The summed E-state index contributed by atoms with van der Waals surface area (Å²) in [6.07, 6.45) is 3.21. The average Bonchev–Trinajstić information content (AvgIpc) is 3.11. The highest BCUT2D eigenvalue weighted by Crippen LogP contribution is 2.31. The number of halogens is 1. The summed E-state index contributed by atoms with van der Waals surface area (Å²) in [4.78, 5) is 17.2. The first-order valence-electron chi connectivity index (χ1n) is 7.84. The summed E-state index contributed by atoms with van der Waals surface area (Å²) in [7, 11) is 0. The number of ketones is 1. The number of benzene rings is 1. The first-order chi connectivity index (χ1) is 11.5. The summed E-state index contributed by atoms with van der Waals surface area (Å²) in [6, 6.07) is 6.99. The van der Waals surface area contributed by atoms with Gasteiger partial charge in [0.1, 0.15) is 18.7 Å². The molecule has 1 aromatic heterocycles. The second kappa shape index (κ2) is 7.01. The minimum atomic E-state index is -0.713. The first kappa shape index (κ1) is 17.1. The molecule has 0 N–H and O–H groups in total. The van der Waals surface area contributed by atoms with E-state index in [0.29, 0.717) is 24.7 Å². The molecule has 2 aromatic rings. The van der Waals surface area contributed by atoms with E-state index in [0.717, 1.165) is 5.56 Å². The van der Waals surface area contributed by atoms with Gasteiger partial charge in [-0.2, -0.15) is 5.10 Å². The van der Waals surface area contributed by atoms with Gasteiger partial charge >= 0.3 is 0 Å². The van der Waals surface area contributed by atoms with E-state index < -0.39 is 11.5 Å². The van der Waals surface area contributed by atoms with Gasteiger partial charge in [-0.1, -0.05) is 23.7 Å². The third-order valence-electron chi connectivity index (χ3n) is 4.27.